The zero-order valence-corrected chi connectivity index (χ0v) is 9.51. The molecule has 0 atom stereocenters. The molecule has 5 nitrogen and oxygen atoms in total. The average Bonchev–Trinajstić information content (AvgIpc) is 2.96. The van der Waals surface area contributed by atoms with Crippen LogP contribution in [-0.4, -0.2) is 19.7 Å². The van der Waals surface area contributed by atoms with Crippen LogP contribution in [0.5, 0.6) is 0 Å². The summed E-state index contributed by atoms with van der Waals surface area (Å²) in [7, 11) is 2.00. The number of hydrogen-bond acceptors (Lipinski definition) is 3. The zero-order chi connectivity index (χ0) is 11.7. The van der Waals surface area contributed by atoms with E-state index in [1.165, 1.54) is 0 Å². The highest BCUT2D eigenvalue weighted by molar-refractivity contribution is 5.78. The van der Waals surface area contributed by atoms with Gasteiger partial charge in [-0.05, 0) is 18.2 Å². The Balaban J connectivity index is 1.88. The van der Waals surface area contributed by atoms with Gasteiger partial charge in [-0.1, -0.05) is 12.1 Å². The summed E-state index contributed by atoms with van der Waals surface area (Å²) in [6.45, 7) is 0.692. The highest BCUT2D eigenvalue weighted by Crippen LogP contribution is 2.17. The highest BCUT2D eigenvalue weighted by Gasteiger charge is 2.06. The number of H-pyrrole nitrogens is 1. The average molecular weight is 227 g/mol. The summed E-state index contributed by atoms with van der Waals surface area (Å²) in [5, 5.41) is 10.1. The van der Waals surface area contributed by atoms with E-state index >= 15 is 0 Å². The van der Waals surface area contributed by atoms with Crippen LogP contribution in [0.15, 0.2) is 36.5 Å². The predicted octanol–water partition coefficient (Wildman–Crippen LogP) is 1.91. The maximum absolute atomic E-state index is 4.53. The molecule has 2 aromatic heterocycles. The van der Waals surface area contributed by atoms with Crippen LogP contribution in [0.25, 0.3) is 11.0 Å². The third-order valence-corrected chi connectivity index (χ3v) is 2.78. The first-order valence-corrected chi connectivity index (χ1v) is 5.48. The van der Waals surface area contributed by atoms with Crippen LogP contribution in [0, 0.1) is 0 Å². The molecule has 86 valence electrons. The van der Waals surface area contributed by atoms with Crippen LogP contribution in [0.1, 0.15) is 5.69 Å². The van der Waals surface area contributed by atoms with Crippen molar-refractivity contribution in [2.45, 2.75) is 6.54 Å². The van der Waals surface area contributed by atoms with Gasteiger partial charge in [0.2, 0.25) is 5.95 Å². The SMILES string of the molecule is Cn1c(NCc2ccn[nH]2)nc2ccccc21. The second-order valence-corrected chi connectivity index (χ2v) is 3.92. The fourth-order valence-electron chi connectivity index (χ4n) is 1.86. The van der Waals surface area contributed by atoms with E-state index < -0.39 is 0 Å². The molecule has 0 unspecified atom stereocenters. The van der Waals surface area contributed by atoms with Gasteiger partial charge in [-0.15, -0.1) is 0 Å². The van der Waals surface area contributed by atoms with E-state index in [1.807, 2.05) is 35.9 Å². The molecule has 1 aromatic carbocycles. The number of hydrogen-bond donors (Lipinski definition) is 2. The van der Waals surface area contributed by atoms with Gasteiger partial charge in [0.1, 0.15) is 0 Å². The minimum absolute atomic E-state index is 0.692. The first-order chi connectivity index (χ1) is 8.34. The number of para-hydroxylation sites is 2. The summed E-state index contributed by atoms with van der Waals surface area (Å²) in [6.07, 6.45) is 1.74. The fourth-order valence-corrected chi connectivity index (χ4v) is 1.86. The van der Waals surface area contributed by atoms with E-state index in [1.54, 1.807) is 6.20 Å². The number of fused-ring (bicyclic) bond motifs is 1. The number of rotatable bonds is 3. The third-order valence-electron chi connectivity index (χ3n) is 2.78. The number of imidazole rings is 1. The molecule has 17 heavy (non-hydrogen) atoms. The van der Waals surface area contributed by atoms with Gasteiger partial charge in [0, 0.05) is 13.2 Å². The van der Waals surface area contributed by atoms with E-state index in [0.717, 1.165) is 22.7 Å². The third kappa shape index (κ3) is 1.75. The van der Waals surface area contributed by atoms with Gasteiger partial charge in [0.25, 0.3) is 0 Å². The van der Waals surface area contributed by atoms with E-state index in [4.69, 9.17) is 0 Å². The molecule has 0 spiro atoms. The number of aromatic amines is 1. The molecule has 3 rings (SSSR count). The molecule has 0 aliphatic heterocycles. The second-order valence-electron chi connectivity index (χ2n) is 3.92. The molecule has 0 fully saturated rings. The molecule has 0 radical (unpaired) electrons. The van der Waals surface area contributed by atoms with Gasteiger partial charge in [-0.3, -0.25) is 5.10 Å². The van der Waals surface area contributed by atoms with Gasteiger partial charge in [0.15, 0.2) is 0 Å². The summed E-state index contributed by atoms with van der Waals surface area (Å²) < 4.78 is 2.05. The van der Waals surface area contributed by atoms with E-state index in [0.29, 0.717) is 6.54 Å². The van der Waals surface area contributed by atoms with Crippen molar-refractivity contribution in [2.75, 3.05) is 5.32 Å². The second kappa shape index (κ2) is 3.93. The molecule has 0 aliphatic carbocycles. The zero-order valence-electron chi connectivity index (χ0n) is 9.51. The lowest BCUT2D eigenvalue weighted by molar-refractivity contribution is 0.907. The van der Waals surface area contributed by atoms with E-state index in [2.05, 4.69) is 26.6 Å². The van der Waals surface area contributed by atoms with Crippen molar-refractivity contribution < 1.29 is 0 Å². The number of aromatic nitrogens is 4. The molecule has 0 saturated heterocycles. The van der Waals surface area contributed by atoms with Crippen LogP contribution in [0.3, 0.4) is 0 Å². The number of nitrogens with one attached hydrogen (secondary N) is 2. The molecule has 2 N–H and O–H groups in total. The van der Waals surface area contributed by atoms with Crippen molar-refractivity contribution >= 4 is 17.0 Å². The predicted molar refractivity (Wildman–Crippen MR) is 66.6 cm³/mol. The quantitative estimate of drug-likeness (QED) is 0.718. The monoisotopic (exact) mass is 227 g/mol. The van der Waals surface area contributed by atoms with Gasteiger partial charge < -0.3 is 9.88 Å². The van der Waals surface area contributed by atoms with Crippen LogP contribution in [0.2, 0.25) is 0 Å². The van der Waals surface area contributed by atoms with E-state index in [-0.39, 0.29) is 0 Å². The normalized spacial score (nSPS) is 10.9. The van der Waals surface area contributed by atoms with Crippen molar-refractivity contribution in [3.8, 4) is 0 Å². The first-order valence-electron chi connectivity index (χ1n) is 5.48. The maximum atomic E-state index is 4.53. The number of benzene rings is 1. The summed E-state index contributed by atoms with van der Waals surface area (Å²) >= 11 is 0. The van der Waals surface area contributed by atoms with Crippen LogP contribution >= 0.6 is 0 Å². The minimum atomic E-state index is 0.692. The van der Waals surface area contributed by atoms with Gasteiger partial charge in [-0.2, -0.15) is 5.10 Å². The molecule has 0 bridgehead atoms. The molecule has 0 amide bonds. The van der Waals surface area contributed by atoms with Crippen LogP contribution < -0.4 is 5.32 Å². The summed E-state index contributed by atoms with van der Waals surface area (Å²) in [5.74, 6) is 0.862. The first kappa shape index (κ1) is 9.89. The Morgan fingerprint density at radius 2 is 2.18 bits per heavy atom. The molecular formula is C12H13N5. The largest absolute Gasteiger partial charge is 0.350 e. The molecule has 2 heterocycles. The van der Waals surface area contributed by atoms with Crippen LogP contribution in [-0.2, 0) is 13.6 Å². The lowest BCUT2D eigenvalue weighted by Gasteiger charge is -2.04. The van der Waals surface area contributed by atoms with Gasteiger partial charge in [0.05, 0.1) is 23.3 Å². The summed E-state index contributed by atoms with van der Waals surface area (Å²) in [5.41, 5.74) is 3.17. The number of nitrogens with zero attached hydrogens (tertiary/aromatic N) is 3. The maximum Gasteiger partial charge on any atom is 0.203 e. The van der Waals surface area contributed by atoms with Crippen LogP contribution in [0.4, 0.5) is 5.95 Å². The Hall–Kier alpha value is -2.30. The lowest BCUT2D eigenvalue weighted by atomic mass is 10.3. The van der Waals surface area contributed by atoms with Crippen molar-refractivity contribution in [3.05, 3.63) is 42.2 Å². The smallest absolute Gasteiger partial charge is 0.203 e. The Morgan fingerprint density at radius 1 is 1.29 bits per heavy atom. The Kier molecular flexibility index (Phi) is 2.29. The molecule has 0 aliphatic rings. The highest BCUT2D eigenvalue weighted by atomic mass is 15.2. The molecule has 3 aromatic rings. The Labute approximate surface area is 98.5 Å². The fraction of sp³-hybridized carbons (Fsp3) is 0.167. The molecular weight excluding hydrogens is 214 g/mol. The summed E-state index contributed by atoms with van der Waals surface area (Å²) in [6, 6.07) is 10.0. The topological polar surface area (TPSA) is 58.5 Å². The van der Waals surface area contributed by atoms with E-state index in [9.17, 15) is 0 Å². The number of anilines is 1. The van der Waals surface area contributed by atoms with Gasteiger partial charge in [-0.25, -0.2) is 4.98 Å². The molecule has 0 saturated carbocycles. The van der Waals surface area contributed by atoms with Crippen molar-refractivity contribution in [3.63, 3.8) is 0 Å². The van der Waals surface area contributed by atoms with Crippen molar-refractivity contribution in [1.29, 1.82) is 0 Å². The standard InChI is InChI=1S/C12H13N5/c1-17-11-5-3-2-4-10(11)15-12(17)13-8-9-6-7-14-16-9/h2-7H,8H2,1H3,(H,13,15)(H,14,16). The summed E-state index contributed by atoms with van der Waals surface area (Å²) in [4.78, 5) is 4.53. The van der Waals surface area contributed by atoms with Crippen molar-refractivity contribution in [1.82, 2.24) is 19.7 Å². The van der Waals surface area contributed by atoms with Gasteiger partial charge >= 0.3 is 0 Å². The van der Waals surface area contributed by atoms with Crippen molar-refractivity contribution in [2.24, 2.45) is 7.05 Å². The minimum Gasteiger partial charge on any atom is -0.350 e. The Morgan fingerprint density at radius 3 is 2.94 bits per heavy atom. The Bertz CT molecular complexity index is 623. The number of aryl methyl sites for hydroxylation is 1. The lowest BCUT2D eigenvalue weighted by Crippen LogP contribution is -2.05. The molecule has 5 heteroatoms.